The van der Waals surface area contributed by atoms with Crippen molar-refractivity contribution in [3.8, 4) is 0 Å². The van der Waals surface area contributed by atoms with Crippen LogP contribution >= 0.6 is 0 Å². The van der Waals surface area contributed by atoms with E-state index in [9.17, 15) is 34.2 Å². The number of amides is 4. The van der Waals surface area contributed by atoms with E-state index < -0.39 is 72.9 Å². The number of carbonyl (C=O) groups is 5. The number of rotatable bonds is 15. The fraction of sp³-hybridized carbons (Fsp3) is 0.706. The number of hydrogen-bond acceptors (Lipinski definition) is 9. The topological polar surface area (TPSA) is 260 Å². The molecular weight excluding hydrogens is 416 g/mol. The summed E-state index contributed by atoms with van der Waals surface area (Å²) in [5.74, 6) is -5.25. The SMILES string of the molecule is CC(O)C(NC(=O)C(CC(N)=O)NC(=O)C(N)CO)C(=O)NC(CCCCN)C(=O)O. The highest BCUT2D eigenvalue weighted by atomic mass is 16.4. The molecule has 0 aromatic heterocycles. The van der Waals surface area contributed by atoms with Crippen molar-refractivity contribution >= 4 is 29.6 Å². The molecule has 0 aromatic carbocycles. The van der Waals surface area contributed by atoms with Gasteiger partial charge in [0.2, 0.25) is 23.6 Å². The molecule has 5 unspecified atom stereocenters. The fourth-order valence-electron chi connectivity index (χ4n) is 2.44. The molecule has 0 radical (unpaired) electrons. The molecule has 4 amide bonds. The molecule has 0 spiro atoms. The molecule has 14 nitrogen and oxygen atoms in total. The number of primary amides is 1. The Kier molecular flexibility index (Phi) is 12.9. The summed E-state index contributed by atoms with van der Waals surface area (Å²) in [6.07, 6.45) is -1.05. The number of unbranched alkanes of at least 4 members (excludes halogenated alkanes) is 1. The molecule has 0 saturated heterocycles. The number of nitrogens with one attached hydrogen (secondary N) is 3. The van der Waals surface area contributed by atoms with Crippen molar-refractivity contribution in [3.63, 3.8) is 0 Å². The monoisotopic (exact) mass is 448 g/mol. The van der Waals surface area contributed by atoms with E-state index in [1.165, 1.54) is 6.92 Å². The predicted molar refractivity (Wildman–Crippen MR) is 107 cm³/mol. The average Bonchev–Trinajstić information content (AvgIpc) is 2.68. The summed E-state index contributed by atoms with van der Waals surface area (Å²) in [6.45, 7) is 0.799. The van der Waals surface area contributed by atoms with E-state index in [2.05, 4.69) is 16.0 Å². The first kappa shape index (κ1) is 28.2. The second kappa shape index (κ2) is 14.2. The highest BCUT2D eigenvalue weighted by molar-refractivity contribution is 5.96. The third-order valence-electron chi connectivity index (χ3n) is 4.20. The van der Waals surface area contributed by atoms with Crippen LogP contribution in [-0.4, -0.2) is 88.3 Å². The number of carboxylic acids is 1. The Morgan fingerprint density at radius 2 is 1.52 bits per heavy atom. The van der Waals surface area contributed by atoms with Crippen LogP contribution in [0.1, 0.15) is 32.6 Å². The van der Waals surface area contributed by atoms with Gasteiger partial charge in [0.15, 0.2) is 0 Å². The first-order valence-corrected chi connectivity index (χ1v) is 9.61. The van der Waals surface area contributed by atoms with Gasteiger partial charge in [-0.15, -0.1) is 0 Å². The molecule has 5 atom stereocenters. The van der Waals surface area contributed by atoms with E-state index in [-0.39, 0.29) is 6.42 Å². The third kappa shape index (κ3) is 10.7. The van der Waals surface area contributed by atoms with Crippen molar-refractivity contribution in [1.29, 1.82) is 0 Å². The van der Waals surface area contributed by atoms with Gasteiger partial charge in [-0.1, -0.05) is 0 Å². The molecule has 0 aliphatic carbocycles. The molecule has 0 fully saturated rings. The van der Waals surface area contributed by atoms with Crippen LogP contribution < -0.4 is 33.2 Å². The number of nitrogens with two attached hydrogens (primary N) is 3. The van der Waals surface area contributed by atoms with Gasteiger partial charge < -0.3 is 48.5 Å². The van der Waals surface area contributed by atoms with Gasteiger partial charge in [0.25, 0.3) is 0 Å². The fourth-order valence-corrected chi connectivity index (χ4v) is 2.44. The Balaban J connectivity index is 5.33. The zero-order valence-electron chi connectivity index (χ0n) is 17.2. The van der Waals surface area contributed by atoms with Gasteiger partial charge in [-0.25, -0.2) is 4.79 Å². The van der Waals surface area contributed by atoms with Crippen molar-refractivity contribution in [1.82, 2.24) is 16.0 Å². The van der Waals surface area contributed by atoms with Crippen LogP contribution in [0.3, 0.4) is 0 Å². The first-order valence-electron chi connectivity index (χ1n) is 9.61. The largest absolute Gasteiger partial charge is 0.480 e. The van der Waals surface area contributed by atoms with E-state index in [1.54, 1.807) is 0 Å². The van der Waals surface area contributed by atoms with Gasteiger partial charge in [-0.2, -0.15) is 0 Å². The van der Waals surface area contributed by atoms with Crippen LogP contribution in [0.4, 0.5) is 0 Å². The van der Waals surface area contributed by atoms with Crippen LogP contribution in [0.5, 0.6) is 0 Å². The minimum absolute atomic E-state index is 0.0815. The molecule has 0 rings (SSSR count). The molecule has 0 aliphatic rings. The standard InChI is InChI=1S/C17H32N6O8/c1-8(25)13(16(29)21-10(17(30)31)4-2-3-5-18)23-15(28)11(6-12(20)26)22-14(27)9(19)7-24/h8-11,13,24-25H,2-7,18-19H2,1H3,(H2,20,26)(H,21,29)(H,22,27)(H,23,28)(H,30,31). The van der Waals surface area contributed by atoms with Crippen molar-refractivity contribution in [2.75, 3.05) is 13.2 Å². The maximum absolute atomic E-state index is 12.5. The van der Waals surface area contributed by atoms with Gasteiger partial charge in [0, 0.05) is 0 Å². The summed E-state index contributed by atoms with van der Waals surface area (Å²) in [5.41, 5.74) is 15.8. The molecule has 178 valence electrons. The average molecular weight is 448 g/mol. The van der Waals surface area contributed by atoms with Crippen molar-refractivity contribution in [3.05, 3.63) is 0 Å². The lowest BCUT2D eigenvalue weighted by Gasteiger charge is -2.26. The minimum atomic E-state index is -1.59. The maximum Gasteiger partial charge on any atom is 0.326 e. The lowest BCUT2D eigenvalue weighted by Crippen LogP contribution is -2.60. The molecule has 31 heavy (non-hydrogen) atoms. The smallest absolute Gasteiger partial charge is 0.326 e. The third-order valence-corrected chi connectivity index (χ3v) is 4.20. The highest BCUT2D eigenvalue weighted by Gasteiger charge is 2.33. The van der Waals surface area contributed by atoms with E-state index in [4.69, 9.17) is 22.3 Å². The van der Waals surface area contributed by atoms with Gasteiger partial charge in [0.05, 0.1) is 19.1 Å². The van der Waals surface area contributed by atoms with Gasteiger partial charge in [-0.3, -0.25) is 19.2 Å². The normalized spacial score (nSPS) is 15.6. The van der Waals surface area contributed by atoms with Crippen LogP contribution in [0.2, 0.25) is 0 Å². The number of carboxylic acid groups (broad SMARTS) is 1. The Hall–Kier alpha value is -2.81. The lowest BCUT2D eigenvalue weighted by molar-refractivity contribution is -0.143. The van der Waals surface area contributed by atoms with Gasteiger partial charge in [-0.05, 0) is 32.7 Å². The quantitative estimate of drug-likeness (QED) is 0.108. The van der Waals surface area contributed by atoms with Crippen molar-refractivity contribution < 1.29 is 39.3 Å². The molecule has 0 heterocycles. The zero-order chi connectivity index (χ0) is 24.1. The second-order valence-electron chi connectivity index (χ2n) is 6.93. The van der Waals surface area contributed by atoms with Crippen LogP contribution in [0, 0.1) is 0 Å². The number of hydrogen-bond donors (Lipinski definition) is 9. The molecule has 14 heteroatoms. The summed E-state index contributed by atoms with van der Waals surface area (Å²) in [7, 11) is 0. The summed E-state index contributed by atoms with van der Waals surface area (Å²) in [6, 6.07) is -5.79. The van der Waals surface area contributed by atoms with Crippen molar-refractivity contribution in [2.45, 2.75) is 62.9 Å². The molecule has 12 N–H and O–H groups in total. The van der Waals surface area contributed by atoms with Gasteiger partial charge >= 0.3 is 5.97 Å². The van der Waals surface area contributed by atoms with Crippen LogP contribution in [0.15, 0.2) is 0 Å². The summed E-state index contributed by atoms with van der Waals surface area (Å²) < 4.78 is 0. The molecule has 0 aliphatic heterocycles. The highest BCUT2D eigenvalue weighted by Crippen LogP contribution is 2.04. The Morgan fingerprint density at radius 3 is 1.97 bits per heavy atom. The van der Waals surface area contributed by atoms with E-state index in [1.807, 2.05) is 0 Å². The van der Waals surface area contributed by atoms with Crippen LogP contribution in [-0.2, 0) is 24.0 Å². The van der Waals surface area contributed by atoms with E-state index in [0.29, 0.717) is 19.4 Å². The Morgan fingerprint density at radius 1 is 0.935 bits per heavy atom. The predicted octanol–water partition coefficient (Wildman–Crippen LogP) is -4.77. The summed E-state index contributed by atoms with van der Waals surface area (Å²) in [5, 5.41) is 34.6. The molecule has 0 bridgehead atoms. The lowest BCUT2D eigenvalue weighted by atomic mass is 10.1. The number of aliphatic hydroxyl groups is 2. The summed E-state index contributed by atoms with van der Waals surface area (Å²) >= 11 is 0. The number of aliphatic hydroxyl groups excluding tert-OH is 2. The molecule has 0 aromatic rings. The summed E-state index contributed by atoms with van der Waals surface area (Å²) in [4.78, 5) is 59.4. The first-order chi connectivity index (χ1) is 14.4. The number of carbonyl (C=O) groups excluding carboxylic acids is 4. The second-order valence-corrected chi connectivity index (χ2v) is 6.93. The zero-order valence-corrected chi connectivity index (χ0v) is 17.2. The van der Waals surface area contributed by atoms with E-state index >= 15 is 0 Å². The van der Waals surface area contributed by atoms with Gasteiger partial charge in [0.1, 0.15) is 24.2 Å². The van der Waals surface area contributed by atoms with Crippen molar-refractivity contribution in [2.24, 2.45) is 17.2 Å². The molecular formula is C17H32N6O8. The minimum Gasteiger partial charge on any atom is -0.480 e. The maximum atomic E-state index is 12.5. The van der Waals surface area contributed by atoms with Crippen LogP contribution in [0.25, 0.3) is 0 Å². The number of aliphatic carboxylic acids is 1. The molecule has 0 saturated carbocycles. The Bertz CT molecular complexity index is 644. The van der Waals surface area contributed by atoms with E-state index in [0.717, 1.165) is 0 Å². The Labute approximate surface area is 178 Å².